The summed E-state index contributed by atoms with van der Waals surface area (Å²) < 4.78 is 31.0. The minimum Gasteiger partial charge on any atom is -0.693 e. The van der Waals surface area contributed by atoms with Crippen molar-refractivity contribution in [1.29, 1.82) is 0 Å². The predicted octanol–water partition coefficient (Wildman–Crippen LogP) is -0.192. The molecule has 0 fully saturated rings. The Bertz CT molecular complexity index is 578. The van der Waals surface area contributed by atoms with Gasteiger partial charge in [0.1, 0.15) is 4.90 Å². The number of rotatable bonds is 1. The van der Waals surface area contributed by atoms with Crippen molar-refractivity contribution in [3.63, 3.8) is 0 Å². The van der Waals surface area contributed by atoms with E-state index in [1.54, 1.807) is 30.3 Å². The van der Waals surface area contributed by atoms with E-state index in [1.807, 2.05) is 6.07 Å². The van der Waals surface area contributed by atoms with Crippen molar-refractivity contribution >= 4 is 20.9 Å². The van der Waals surface area contributed by atoms with Crippen LogP contribution in [0.5, 0.6) is 0 Å². The minimum absolute atomic E-state index is 0. The van der Waals surface area contributed by atoms with E-state index in [-0.39, 0.29) is 40.6 Å². The normalized spacial score (nSPS) is 10.3. The molecule has 0 bridgehead atoms. The fourth-order valence-corrected chi connectivity index (χ4v) is 2.13. The van der Waals surface area contributed by atoms with Gasteiger partial charge in [-0.2, -0.15) is 8.42 Å². The first-order valence-electron chi connectivity index (χ1n) is 4.04. The molecule has 2 rings (SSSR count). The van der Waals surface area contributed by atoms with Crippen LogP contribution in [0.15, 0.2) is 47.4 Å². The first-order valence-corrected chi connectivity index (χ1v) is 5.48. The Morgan fingerprint density at radius 3 is 2.12 bits per heavy atom. The van der Waals surface area contributed by atoms with Gasteiger partial charge >= 0.3 is 29.6 Å². The van der Waals surface area contributed by atoms with E-state index in [0.29, 0.717) is 5.39 Å². The van der Waals surface area contributed by atoms with Crippen molar-refractivity contribution in [3.8, 4) is 0 Å². The monoisotopic (exact) mass is 247 g/mol. The maximum absolute atomic E-state index is 11.0. The van der Waals surface area contributed by atoms with Crippen LogP contribution in [-0.2, 0) is 10.1 Å². The molecule has 2 aromatic carbocycles. The fraction of sp³-hybridized carbons (Fsp3) is 0. The van der Waals surface area contributed by atoms with Crippen LogP contribution in [0.1, 0.15) is 0 Å². The molecule has 0 aromatic heterocycles. The molecule has 4 nitrogen and oxygen atoms in total. The van der Waals surface area contributed by atoms with Gasteiger partial charge in [0, 0.05) is 5.39 Å². The first kappa shape index (κ1) is 15.6. The van der Waals surface area contributed by atoms with Gasteiger partial charge < -0.3 is 6.15 Å². The Hall–Kier alpha value is -0.430. The summed E-state index contributed by atoms with van der Waals surface area (Å²) in [7, 11) is -4.13. The van der Waals surface area contributed by atoms with Gasteiger partial charge in [-0.1, -0.05) is 36.4 Å². The molecular formula is C10H10NNaO3S. The topological polar surface area (TPSA) is 87.9 Å². The molecule has 0 saturated carbocycles. The summed E-state index contributed by atoms with van der Waals surface area (Å²) in [5, 5.41) is 1.33. The smallest absolute Gasteiger partial charge is 0.693 e. The number of nitrogens with two attached hydrogens (primary N) is 1. The van der Waals surface area contributed by atoms with E-state index in [0.717, 1.165) is 5.39 Å². The van der Waals surface area contributed by atoms with E-state index in [9.17, 15) is 8.42 Å². The number of benzene rings is 2. The molecule has 0 aliphatic carbocycles. The predicted molar refractivity (Wildman–Crippen MR) is 59.0 cm³/mol. The van der Waals surface area contributed by atoms with Crippen molar-refractivity contribution in [1.82, 2.24) is 0 Å². The molecule has 0 atom stereocenters. The van der Waals surface area contributed by atoms with Gasteiger partial charge in [-0.05, 0) is 11.5 Å². The summed E-state index contributed by atoms with van der Waals surface area (Å²) >= 11 is 0. The third-order valence-electron chi connectivity index (χ3n) is 2.03. The van der Waals surface area contributed by atoms with Gasteiger partial charge in [0.15, 0.2) is 0 Å². The molecule has 0 heterocycles. The van der Waals surface area contributed by atoms with Gasteiger partial charge in [0.05, 0.1) is 0 Å². The number of hydrogen-bond acceptors (Lipinski definition) is 2. The Balaban J connectivity index is 0.00000112. The minimum atomic E-state index is -4.13. The maximum Gasteiger partial charge on any atom is 1.00 e. The molecule has 0 aliphatic heterocycles. The summed E-state index contributed by atoms with van der Waals surface area (Å²) in [6.07, 6.45) is 0. The molecule has 0 unspecified atom stereocenters. The van der Waals surface area contributed by atoms with Crippen molar-refractivity contribution in [3.05, 3.63) is 48.6 Å². The van der Waals surface area contributed by atoms with Crippen molar-refractivity contribution in [2.45, 2.75) is 4.90 Å². The van der Waals surface area contributed by atoms with Gasteiger partial charge in [0.2, 0.25) is 0 Å². The second-order valence-electron chi connectivity index (χ2n) is 2.95. The summed E-state index contributed by atoms with van der Waals surface area (Å²) in [6, 6.07) is 11.8. The van der Waals surface area contributed by atoms with Crippen LogP contribution in [0, 0.1) is 0 Å². The molecular weight excluding hydrogens is 237 g/mol. The van der Waals surface area contributed by atoms with Crippen LogP contribution >= 0.6 is 0 Å². The average Bonchev–Trinajstić information content (AvgIpc) is 2.15. The standard InChI is InChI=1S/C10H8O3S.H2N.Na/c11-14(12,13)10-7-3-5-8-4-1-2-6-9(8)10;;/h1-7H,(H,11,12,13);1H2;/q;-1;+1. The molecule has 0 spiro atoms. The van der Waals surface area contributed by atoms with Crippen LogP contribution in [0.25, 0.3) is 16.9 Å². The molecule has 80 valence electrons. The van der Waals surface area contributed by atoms with Crippen LogP contribution < -0.4 is 29.6 Å². The second kappa shape index (κ2) is 5.77. The van der Waals surface area contributed by atoms with Gasteiger partial charge in [-0.15, -0.1) is 0 Å². The van der Waals surface area contributed by atoms with E-state index >= 15 is 0 Å². The van der Waals surface area contributed by atoms with Gasteiger partial charge in [-0.25, -0.2) is 0 Å². The maximum atomic E-state index is 11.0. The summed E-state index contributed by atoms with van der Waals surface area (Å²) in [4.78, 5) is -0.0457. The molecule has 16 heavy (non-hydrogen) atoms. The number of fused-ring (bicyclic) bond motifs is 1. The van der Waals surface area contributed by atoms with E-state index in [1.165, 1.54) is 6.07 Å². The summed E-state index contributed by atoms with van der Waals surface area (Å²) in [5.74, 6) is 0. The zero-order chi connectivity index (χ0) is 10.2. The quantitative estimate of drug-likeness (QED) is 0.559. The van der Waals surface area contributed by atoms with Crippen molar-refractivity contribution < 1.29 is 42.5 Å². The Kier molecular flexibility index (Phi) is 5.61. The van der Waals surface area contributed by atoms with Crippen LogP contribution in [-0.4, -0.2) is 13.0 Å². The van der Waals surface area contributed by atoms with Crippen LogP contribution in [0.3, 0.4) is 0 Å². The molecule has 0 aliphatic rings. The van der Waals surface area contributed by atoms with Crippen LogP contribution in [0.2, 0.25) is 0 Å². The zero-order valence-corrected chi connectivity index (χ0v) is 11.6. The van der Waals surface area contributed by atoms with Gasteiger partial charge in [-0.3, -0.25) is 4.55 Å². The van der Waals surface area contributed by atoms with Crippen molar-refractivity contribution in [2.75, 3.05) is 0 Å². The zero-order valence-electron chi connectivity index (χ0n) is 8.79. The first-order chi connectivity index (χ1) is 6.59. The molecule has 2 aromatic rings. The Morgan fingerprint density at radius 1 is 0.938 bits per heavy atom. The SMILES string of the molecule is O=S(=O)(O)c1cccc2ccccc12.[NH2-].[Na+]. The molecule has 0 saturated heterocycles. The average molecular weight is 247 g/mol. The van der Waals surface area contributed by atoms with E-state index in [4.69, 9.17) is 4.55 Å². The second-order valence-corrected chi connectivity index (χ2v) is 4.34. The van der Waals surface area contributed by atoms with Crippen molar-refractivity contribution in [2.24, 2.45) is 0 Å². The summed E-state index contributed by atoms with van der Waals surface area (Å²) in [5.41, 5.74) is 0. The molecule has 3 N–H and O–H groups in total. The largest absolute Gasteiger partial charge is 1.00 e. The molecule has 0 radical (unpaired) electrons. The van der Waals surface area contributed by atoms with Crippen LogP contribution in [0.4, 0.5) is 0 Å². The molecule has 0 amide bonds. The fourth-order valence-electron chi connectivity index (χ4n) is 1.42. The summed E-state index contributed by atoms with van der Waals surface area (Å²) in [6.45, 7) is 0. The third kappa shape index (κ3) is 3.04. The van der Waals surface area contributed by atoms with E-state index < -0.39 is 10.1 Å². The number of hydrogen-bond donors (Lipinski definition) is 1. The van der Waals surface area contributed by atoms with Gasteiger partial charge in [0.25, 0.3) is 10.1 Å². The molecule has 6 heteroatoms. The third-order valence-corrected chi connectivity index (χ3v) is 2.94. The Labute approximate surface area is 116 Å². The van der Waals surface area contributed by atoms with E-state index in [2.05, 4.69) is 0 Å². The Morgan fingerprint density at radius 2 is 1.50 bits per heavy atom.